The molecule has 3 aromatic rings. The average Bonchev–Trinajstić information content (AvgIpc) is 2.93. The number of fused-ring (bicyclic) bond motifs is 1. The highest BCUT2D eigenvalue weighted by Gasteiger charge is 2.06. The molecule has 0 saturated heterocycles. The van der Waals surface area contributed by atoms with Crippen molar-refractivity contribution in [1.29, 1.82) is 0 Å². The van der Waals surface area contributed by atoms with Gasteiger partial charge in [-0.15, -0.1) is 0 Å². The van der Waals surface area contributed by atoms with Crippen molar-refractivity contribution in [2.24, 2.45) is 0 Å². The monoisotopic (exact) mass is 251 g/mol. The van der Waals surface area contributed by atoms with Crippen LogP contribution in [0.3, 0.4) is 0 Å². The minimum Gasteiger partial charge on any atom is -0.371 e. The number of hydrogen-bond acceptors (Lipinski definition) is 4. The topological polar surface area (TPSA) is 66.5 Å². The molecule has 1 aromatic carbocycles. The highest BCUT2D eigenvalue weighted by Crippen LogP contribution is 2.16. The summed E-state index contributed by atoms with van der Waals surface area (Å²) in [5.74, 6) is 1.38. The molecule has 94 valence electrons. The first-order valence-electron chi connectivity index (χ1n) is 5.99. The lowest BCUT2D eigenvalue weighted by Crippen LogP contribution is -1.98. The van der Waals surface area contributed by atoms with Gasteiger partial charge in [0.25, 0.3) is 0 Å². The van der Waals surface area contributed by atoms with Gasteiger partial charge in [-0.05, 0) is 11.6 Å². The van der Waals surface area contributed by atoms with Crippen LogP contribution in [0.15, 0.2) is 36.7 Å². The standard InChI is InChI=1S/C14H13N5/c1-15-13-12-14(17-9-16-12)19-11(18-13)8-7-10-5-3-2-4-6-10/h2-9H,1H3,(H2,15,16,17,18,19)/b8-7+. The number of benzene rings is 1. The van der Waals surface area contributed by atoms with Gasteiger partial charge in [0.1, 0.15) is 5.52 Å². The Balaban J connectivity index is 1.99. The van der Waals surface area contributed by atoms with Gasteiger partial charge in [-0.2, -0.15) is 0 Å². The summed E-state index contributed by atoms with van der Waals surface area (Å²) in [6.07, 6.45) is 5.47. The molecule has 2 aromatic heterocycles. The maximum Gasteiger partial charge on any atom is 0.183 e. The minimum absolute atomic E-state index is 0.632. The van der Waals surface area contributed by atoms with Gasteiger partial charge >= 0.3 is 0 Å². The zero-order valence-corrected chi connectivity index (χ0v) is 10.5. The predicted octanol–water partition coefficient (Wildman–Crippen LogP) is 2.57. The molecule has 3 rings (SSSR count). The van der Waals surface area contributed by atoms with Crippen molar-refractivity contribution in [2.45, 2.75) is 0 Å². The number of aromatic nitrogens is 4. The van der Waals surface area contributed by atoms with Crippen molar-refractivity contribution in [1.82, 2.24) is 19.9 Å². The molecule has 19 heavy (non-hydrogen) atoms. The summed E-state index contributed by atoms with van der Waals surface area (Å²) in [4.78, 5) is 16.0. The maximum absolute atomic E-state index is 4.43. The van der Waals surface area contributed by atoms with Crippen LogP contribution in [-0.4, -0.2) is 27.0 Å². The van der Waals surface area contributed by atoms with E-state index in [1.165, 1.54) is 0 Å². The molecule has 5 nitrogen and oxygen atoms in total. The molecular weight excluding hydrogens is 238 g/mol. The van der Waals surface area contributed by atoms with E-state index in [1.54, 1.807) is 6.33 Å². The third kappa shape index (κ3) is 2.30. The molecule has 0 atom stereocenters. The molecule has 0 saturated carbocycles. The Kier molecular flexibility index (Phi) is 2.94. The maximum atomic E-state index is 4.43. The average molecular weight is 251 g/mol. The van der Waals surface area contributed by atoms with Gasteiger partial charge in [-0.3, -0.25) is 0 Å². The number of hydrogen-bond donors (Lipinski definition) is 2. The zero-order valence-electron chi connectivity index (χ0n) is 10.5. The van der Waals surface area contributed by atoms with Gasteiger partial charge in [0.15, 0.2) is 17.3 Å². The molecule has 5 heteroatoms. The lowest BCUT2D eigenvalue weighted by atomic mass is 10.2. The molecule has 2 heterocycles. The van der Waals surface area contributed by atoms with Crippen LogP contribution in [-0.2, 0) is 0 Å². The Morgan fingerprint density at radius 2 is 1.95 bits per heavy atom. The van der Waals surface area contributed by atoms with Gasteiger partial charge in [-0.25, -0.2) is 15.0 Å². The molecule has 0 spiro atoms. The quantitative estimate of drug-likeness (QED) is 0.750. The lowest BCUT2D eigenvalue weighted by molar-refractivity contribution is 1.16. The minimum atomic E-state index is 0.632. The number of H-pyrrole nitrogens is 1. The Hall–Kier alpha value is -2.69. The SMILES string of the molecule is CNc1nc(/C=C/c2ccccc2)nc2nc[nH]c12. The Labute approximate surface area is 110 Å². The summed E-state index contributed by atoms with van der Waals surface area (Å²) in [7, 11) is 1.83. The summed E-state index contributed by atoms with van der Waals surface area (Å²) >= 11 is 0. The van der Waals surface area contributed by atoms with E-state index in [0.717, 1.165) is 16.9 Å². The van der Waals surface area contributed by atoms with Crippen LogP contribution < -0.4 is 5.32 Å². The molecule has 0 fully saturated rings. The molecule has 2 N–H and O–H groups in total. The van der Waals surface area contributed by atoms with E-state index in [9.17, 15) is 0 Å². The highest BCUT2D eigenvalue weighted by atomic mass is 15.1. The fourth-order valence-corrected chi connectivity index (χ4v) is 1.84. The predicted molar refractivity (Wildman–Crippen MR) is 76.6 cm³/mol. The van der Waals surface area contributed by atoms with Gasteiger partial charge in [0, 0.05) is 7.05 Å². The zero-order chi connectivity index (χ0) is 13.1. The second kappa shape index (κ2) is 4.89. The number of aromatic amines is 1. The first-order chi connectivity index (χ1) is 9.36. The highest BCUT2D eigenvalue weighted by molar-refractivity contribution is 5.83. The third-order valence-corrected chi connectivity index (χ3v) is 2.76. The van der Waals surface area contributed by atoms with Crippen molar-refractivity contribution in [3.05, 3.63) is 48.0 Å². The molecule has 0 bridgehead atoms. The molecule has 0 unspecified atom stereocenters. The second-order valence-corrected chi connectivity index (χ2v) is 4.03. The lowest BCUT2D eigenvalue weighted by Gasteiger charge is -2.01. The van der Waals surface area contributed by atoms with Gasteiger partial charge in [-0.1, -0.05) is 36.4 Å². The fourth-order valence-electron chi connectivity index (χ4n) is 1.84. The Bertz CT molecular complexity index is 715. The van der Waals surface area contributed by atoms with E-state index < -0.39 is 0 Å². The van der Waals surface area contributed by atoms with E-state index in [1.807, 2.05) is 49.5 Å². The van der Waals surface area contributed by atoms with Crippen molar-refractivity contribution < 1.29 is 0 Å². The number of nitrogens with one attached hydrogen (secondary N) is 2. The van der Waals surface area contributed by atoms with Crippen LogP contribution >= 0.6 is 0 Å². The number of imidazole rings is 1. The van der Waals surface area contributed by atoms with Crippen molar-refractivity contribution in [3.8, 4) is 0 Å². The van der Waals surface area contributed by atoms with Gasteiger partial charge in [0.05, 0.1) is 6.33 Å². The Morgan fingerprint density at radius 3 is 2.74 bits per heavy atom. The first kappa shape index (κ1) is 11.4. The van der Waals surface area contributed by atoms with E-state index in [4.69, 9.17) is 0 Å². The molecule has 0 aliphatic rings. The normalized spacial score (nSPS) is 11.2. The van der Waals surface area contributed by atoms with Gasteiger partial charge < -0.3 is 10.3 Å². The number of rotatable bonds is 3. The van der Waals surface area contributed by atoms with Crippen molar-refractivity contribution in [3.63, 3.8) is 0 Å². The van der Waals surface area contributed by atoms with E-state index in [0.29, 0.717) is 11.5 Å². The van der Waals surface area contributed by atoms with Crippen LogP contribution in [0.4, 0.5) is 5.82 Å². The third-order valence-electron chi connectivity index (χ3n) is 2.76. The van der Waals surface area contributed by atoms with E-state index in [-0.39, 0.29) is 0 Å². The largest absolute Gasteiger partial charge is 0.371 e. The van der Waals surface area contributed by atoms with Crippen LogP contribution in [0.1, 0.15) is 11.4 Å². The number of anilines is 1. The summed E-state index contributed by atoms with van der Waals surface area (Å²) in [5, 5.41) is 3.04. The summed E-state index contributed by atoms with van der Waals surface area (Å²) in [6, 6.07) is 10.0. The smallest absolute Gasteiger partial charge is 0.183 e. The van der Waals surface area contributed by atoms with Crippen LogP contribution in [0.2, 0.25) is 0 Å². The number of nitrogens with zero attached hydrogens (tertiary/aromatic N) is 3. The fraction of sp³-hybridized carbons (Fsp3) is 0.0714. The van der Waals surface area contributed by atoms with Crippen LogP contribution in [0.25, 0.3) is 23.3 Å². The van der Waals surface area contributed by atoms with Crippen molar-refractivity contribution in [2.75, 3.05) is 12.4 Å². The summed E-state index contributed by atoms with van der Waals surface area (Å²) in [5.41, 5.74) is 2.59. The summed E-state index contributed by atoms with van der Waals surface area (Å²) in [6.45, 7) is 0. The molecule has 0 aliphatic carbocycles. The molecule has 0 radical (unpaired) electrons. The van der Waals surface area contributed by atoms with Crippen molar-refractivity contribution >= 4 is 29.1 Å². The van der Waals surface area contributed by atoms with Crippen LogP contribution in [0, 0.1) is 0 Å². The van der Waals surface area contributed by atoms with E-state index >= 15 is 0 Å². The first-order valence-corrected chi connectivity index (χ1v) is 5.99. The van der Waals surface area contributed by atoms with Crippen LogP contribution in [0.5, 0.6) is 0 Å². The molecule has 0 amide bonds. The summed E-state index contributed by atoms with van der Waals surface area (Å²) < 4.78 is 0. The molecular formula is C14H13N5. The van der Waals surface area contributed by atoms with E-state index in [2.05, 4.69) is 25.3 Å². The van der Waals surface area contributed by atoms with Gasteiger partial charge in [0.2, 0.25) is 0 Å². The molecule has 0 aliphatic heterocycles. The Morgan fingerprint density at radius 1 is 1.11 bits per heavy atom. The second-order valence-electron chi connectivity index (χ2n) is 4.03.